The molecule has 3 rings (SSSR count). The lowest BCUT2D eigenvalue weighted by Crippen LogP contribution is -2.49. The smallest absolute Gasteiger partial charge is 0.410 e. The van der Waals surface area contributed by atoms with E-state index in [2.05, 4.69) is 0 Å². The predicted molar refractivity (Wildman–Crippen MR) is 109 cm³/mol. The maximum Gasteiger partial charge on any atom is 0.410 e. The van der Waals surface area contributed by atoms with Gasteiger partial charge < -0.3 is 9.64 Å². The van der Waals surface area contributed by atoms with Crippen molar-refractivity contribution in [3.05, 3.63) is 35.4 Å². The normalized spacial score (nSPS) is 23.1. The molecule has 0 radical (unpaired) electrons. The van der Waals surface area contributed by atoms with Crippen molar-refractivity contribution in [3.8, 4) is 0 Å². The van der Waals surface area contributed by atoms with Crippen LogP contribution in [0.3, 0.4) is 0 Å². The van der Waals surface area contributed by atoms with E-state index < -0.39 is 29.4 Å². The van der Waals surface area contributed by atoms with Gasteiger partial charge in [-0.25, -0.2) is 13.6 Å². The third-order valence-electron chi connectivity index (χ3n) is 5.12. The summed E-state index contributed by atoms with van der Waals surface area (Å²) in [5, 5.41) is -0.200. The number of amides is 2. The average Bonchev–Trinajstić information content (AvgIpc) is 3.00. The lowest BCUT2D eigenvalue weighted by atomic mass is 10.1. The van der Waals surface area contributed by atoms with Crippen LogP contribution in [0, 0.1) is 11.6 Å². The molecule has 0 saturated carbocycles. The molecule has 2 aliphatic rings. The first kappa shape index (κ1) is 21.9. The second-order valence-electron chi connectivity index (χ2n) is 8.47. The summed E-state index contributed by atoms with van der Waals surface area (Å²) in [5.41, 5.74) is -0.269. The van der Waals surface area contributed by atoms with Crippen LogP contribution in [0.25, 0.3) is 0 Å². The summed E-state index contributed by atoms with van der Waals surface area (Å²) >= 11 is 1.53. The van der Waals surface area contributed by atoms with E-state index in [1.54, 1.807) is 25.7 Å². The largest absolute Gasteiger partial charge is 0.444 e. The van der Waals surface area contributed by atoms with Crippen molar-refractivity contribution in [2.45, 2.75) is 56.9 Å². The Morgan fingerprint density at radius 3 is 2.62 bits per heavy atom. The van der Waals surface area contributed by atoms with Gasteiger partial charge in [0.05, 0.1) is 0 Å². The summed E-state index contributed by atoms with van der Waals surface area (Å²) in [6, 6.07) is 2.99. The Labute approximate surface area is 174 Å². The fourth-order valence-corrected chi connectivity index (χ4v) is 5.02. The number of hydrogen-bond acceptors (Lipinski definition) is 4. The summed E-state index contributed by atoms with van der Waals surface area (Å²) in [6.45, 7) is 6.88. The molecule has 5 nitrogen and oxygen atoms in total. The number of thioether (sulfide) groups is 1. The van der Waals surface area contributed by atoms with E-state index in [4.69, 9.17) is 4.74 Å². The topological polar surface area (TPSA) is 49.9 Å². The highest BCUT2D eigenvalue weighted by Crippen LogP contribution is 2.36. The third kappa shape index (κ3) is 5.41. The maximum absolute atomic E-state index is 14.1. The highest BCUT2D eigenvalue weighted by molar-refractivity contribution is 7.99. The number of nitrogens with zero attached hydrogens (tertiary/aromatic N) is 2. The molecule has 0 aromatic heterocycles. The van der Waals surface area contributed by atoms with Gasteiger partial charge in [-0.3, -0.25) is 9.69 Å². The molecule has 2 fully saturated rings. The number of ether oxygens (including phenoxy) is 1. The molecule has 2 heterocycles. The molecule has 0 spiro atoms. The van der Waals surface area contributed by atoms with Crippen LogP contribution in [0.1, 0.15) is 50.8 Å². The number of carbonyl (C=O) groups is 2. The Hall–Kier alpha value is -1.83. The van der Waals surface area contributed by atoms with Gasteiger partial charge in [-0.05, 0) is 58.2 Å². The first-order valence-electron chi connectivity index (χ1n) is 10.0. The number of halogens is 2. The molecule has 2 unspecified atom stereocenters. The molecule has 2 amide bonds. The molecule has 2 aliphatic heterocycles. The standard InChI is InChI=1S/C21H28F2N2O3S/c1-21(2,3)28-20(27)25-9-4-5-17(25)19(26)24-10-8-18(29-12-11-24)15-13-14(22)6-7-16(15)23/h6-7,13,17-18H,4-5,8-12H2,1-3H3. The highest BCUT2D eigenvalue weighted by Gasteiger charge is 2.39. The van der Waals surface area contributed by atoms with Crippen LogP contribution < -0.4 is 0 Å². The molecule has 0 bridgehead atoms. The van der Waals surface area contributed by atoms with E-state index in [0.29, 0.717) is 43.8 Å². The van der Waals surface area contributed by atoms with Gasteiger partial charge in [0.25, 0.3) is 0 Å². The van der Waals surface area contributed by atoms with Crippen LogP contribution in [-0.2, 0) is 9.53 Å². The van der Waals surface area contributed by atoms with Gasteiger partial charge >= 0.3 is 6.09 Å². The molecule has 1 aromatic carbocycles. The minimum atomic E-state index is -0.616. The fourth-order valence-electron chi connectivity index (χ4n) is 3.77. The van der Waals surface area contributed by atoms with Gasteiger partial charge in [-0.2, -0.15) is 11.8 Å². The van der Waals surface area contributed by atoms with Crippen LogP contribution in [-0.4, -0.2) is 58.8 Å². The van der Waals surface area contributed by atoms with Crippen LogP contribution in [0.15, 0.2) is 18.2 Å². The van der Waals surface area contributed by atoms with E-state index in [1.165, 1.54) is 22.7 Å². The molecule has 160 valence electrons. The summed E-state index contributed by atoms with van der Waals surface area (Å²) < 4.78 is 33.2. The predicted octanol–water partition coefficient (Wildman–Crippen LogP) is 4.37. The summed E-state index contributed by atoms with van der Waals surface area (Å²) in [5.74, 6) is -0.339. The van der Waals surface area contributed by atoms with Gasteiger partial charge in [0, 0.05) is 36.2 Å². The molecule has 0 aliphatic carbocycles. The van der Waals surface area contributed by atoms with Gasteiger partial charge in [0.1, 0.15) is 23.3 Å². The second kappa shape index (κ2) is 8.90. The molecule has 2 atom stereocenters. The highest BCUT2D eigenvalue weighted by atomic mass is 32.2. The van der Waals surface area contributed by atoms with Crippen molar-refractivity contribution >= 4 is 23.8 Å². The van der Waals surface area contributed by atoms with E-state index in [0.717, 1.165) is 18.6 Å². The second-order valence-corrected chi connectivity index (χ2v) is 9.78. The minimum absolute atomic E-state index is 0.0886. The van der Waals surface area contributed by atoms with Crippen LogP contribution in [0.2, 0.25) is 0 Å². The number of likely N-dealkylation sites (tertiary alicyclic amines) is 1. The van der Waals surface area contributed by atoms with Gasteiger partial charge in [-0.1, -0.05) is 0 Å². The van der Waals surface area contributed by atoms with Crippen molar-refractivity contribution in [1.82, 2.24) is 9.80 Å². The Morgan fingerprint density at radius 1 is 1.14 bits per heavy atom. The Bertz CT molecular complexity index is 769. The maximum atomic E-state index is 14.1. The van der Waals surface area contributed by atoms with Crippen molar-refractivity contribution in [1.29, 1.82) is 0 Å². The molecule has 29 heavy (non-hydrogen) atoms. The average molecular weight is 427 g/mol. The first-order valence-corrected chi connectivity index (χ1v) is 11.1. The van der Waals surface area contributed by atoms with Crippen LogP contribution >= 0.6 is 11.8 Å². The lowest BCUT2D eigenvalue weighted by molar-refractivity contribution is -0.135. The number of benzene rings is 1. The first-order chi connectivity index (χ1) is 13.7. The molecule has 1 aromatic rings. The van der Waals surface area contributed by atoms with E-state index >= 15 is 0 Å². The molecule has 0 N–H and O–H groups in total. The van der Waals surface area contributed by atoms with Gasteiger partial charge in [0.15, 0.2) is 0 Å². The summed E-state index contributed by atoms with van der Waals surface area (Å²) in [7, 11) is 0. The number of hydrogen-bond donors (Lipinski definition) is 0. The lowest BCUT2D eigenvalue weighted by Gasteiger charge is -2.31. The van der Waals surface area contributed by atoms with Crippen molar-refractivity contribution < 1.29 is 23.1 Å². The van der Waals surface area contributed by atoms with Gasteiger partial charge in [0.2, 0.25) is 5.91 Å². The van der Waals surface area contributed by atoms with Crippen LogP contribution in [0.4, 0.5) is 13.6 Å². The quantitative estimate of drug-likeness (QED) is 0.705. The fraction of sp³-hybridized carbons (Fsp3) is 0.619. The summed E-state index contributed by atoms with van der Waals surface area (Å²) in [4.78, 5) is 28.9. The Kier molecular flexibility index (Phi) is 6.71. The monoisotopic (exact) mass is 426 g/mol. The zero-order valence-electron chi connectivity index (χ0n) is 17.1. The van der Waals surface area contributed by atoms with Crippen LogP contribution in [0.5, 0.6) is 0 Å². The number of carbonyl (C=O) groups excluding carboxylic acids is 2. The summed E-state index contributed by atoms with van der Waals surface area (Å²) in [6.07, 6.45) is 1.45. The molecule has 8 heteroatoms. The van der Waals surface area contributed by atoms with E-state index in [9.17, 15) is 18.4 Å². The van der Waals surface area contributed by atoms with Crippen molar-refractivity contribution in [2.24, 2.45) is 0 Å². The van der Waals surface area contributed by atoms with E-state index in [1.807, 2.05) is 0 Å². The Morgan fingerprint density at radius 2 is 1.90 bits per heavy atom. The molecule has 2 saturated heterocycles. The zero-order valence-corrected chi connectivity index (χ0v) is 17.9. The molecular formula is C21H28F2N2O3S. The Balaban J connectivity index is 1.66. The third-order valence-corrected chi connectivity index (χ3v) is 6.43. The van der Waals surface area contributed by atoms with Crippen molar-refractivity contribution in [2.75, 3.05) is 25.4 Å². The zero-order chi connectivity index (χ0) is 21.2. The molecular weight excluding hydrogens is 398 g/mol. The van der Waals surface area contributed by atoms with Gasteiger partial charge in [-0.15, -0.1) is 0 Å². The number of rotatable bonds is 2. The van der Waals surface area contributed by atoms with Crippen molar-refractivity contribution in [3.63, 3.8) is 0 Å². The van der Waals surface area contributed by atoms with E-state index in [-0.39, 0.29) is 11.2 Å². The SMILES string of the molecule is CC(C)(C)OC(=O)N1CCCC1C(=O)N1CCSC(c2cc(F)ccc2F)CC1. The minimum Gasteiger partial charge on any atom is -0.444 e.